The van der Waals surface area contributed by atoms with E-state index in [4.69, 9.17) is 4.74 Å². The van der Waals surface area contributed by atoms with Crippen molar-refractivity contribution in [2.45, 2.75) is 11.4 Å². The Kier molecular flexibility index (Phi) is 6.84. The second-order valence-corrected chi connectivity index (χ2v) is 7.59. The maximum atomic E-state index is 12.6. The first kappa shape index (κ1) is 19.4. The SMILES string of the molecule is CSc1ccc(CNC(=O)c2ccccc2NC(=O)C2=CSCCO2)cc1. The molecule has 0 fully saturated rings. The molecule has 27 heavy (non-hydrogen) atoms. The van der Waals surface area contributed by atoms with Crippen molar-refractivity contribution in [2.24, 2.45) is 0 Å². The minimum Gasteiger partial charge on any atom is -0.487 e. The van der Waals surface area contributed by atoms with Crippen LogP contribution in [0, 0.1) is 0 Å². The Morgan fingerprint density at radius 1 is 1.11 bits per heavy atom. The number of ether oxygens (including phenoxy) is 1. The van der Waals surface area contributed by atoms with Crippen molar-refractivity contribution < 1.29 is 14.3 Å². The van der Waals surface area contributed by atoms with E-state index in [0.29, 0.717) is 24.4 Å². The summed E-state index contributed by atoms with van der Waals surface area (Å²) in [4.78, 5) is 26.1. The molecule has 2 amide bonds. The van der Waals surface area contributed by atoms with Crippen LogP contribution in [0.15, 0.2) is 64.6 Å². The van der Waals surface area contributed by atoms with Crippen LogP contribution in [-0.4, -0.2) is 30.4 Å². The van der Waals surface area contributed by atoms with Crippen molar-refractivity contribution in [3.63, 3.8) is 0 Å². The molecular weight excluding hydrogens is 380 g/mol. The molecule has 3 rings (SSSR count). The predicted molar refractivity (Wildman–Crippen MR) is 111 cm³/mol. The Balaban J connectivity index is 1.65. The maximum Gasteiger partial charge on any atom is 0.291 e. The van der Waals surface area contributed by atoms with E-state index in [1.165, 1.54) is 16.7 Å². The molecule has 0 saturated heterocycles. The molecule has 0 unspecified atom stereocenters. The predicted octanol–water partition coefficient (Wildman–Crippen LogP) is 3.88. The van der Waals surface area contributed by atoms with Crippen molar-refractivity contribution in [2.75, 3.05) is 23.9 Å². The fourth-order valence-electron chi connectivity index (χ4n) is 2.48. The lowest BCUT2D eigenvalue weighted by atomic mass is 10.1. The number of para-hydroxylation sites is 1. The molecule has 2 aromatic carbocycles. The Morgan fingerprint density at radius 3 is 2.59 bits per heavy atom. The highest BCUT2D eigenvalue weighted by atomic mass is 32.2. The first-order chi connectivity index (χ1) is 13.2. The van der Waals surface area contributed by atoms with Gasteiger partial charge in [-0.25, -0.2) is 0 Å². The summed E-state index contributed by atoms with van der Waals surface area (Å²) in [6.07, 6.45) is 2.02. The summed E-state index contributed by atoms with van der Waals surface area (Å²) in [5.41, 5.74) is 1.88. The van der Waals surface area contributed by atoms with Crippen molar-refractivity contribution in [3.05, 3.63) is 70.8 Å². The standard InChI is InChI=1S/C20H20N2O3S2/c1-26-15-8-6-14(7-9-15)12-21-19(23)16-4-2-3-5-17(16)22-20(24)18-13-27-11-10-25-18/h2-9,13H,10-12H2,1H3,(H,21,23)(H,22,24). The Labute approximate surface area is 166 Å². The van der Waals surface area contributed by atoms with Crippen LogP contribution in [0.2, 0.25) is 0 Å². The van der Waals surface area contributed by atoms with Gasteiger partial charge in [0.15, 0.2) is 5.76 Å². The molecule has 0 aromatic heterocycles. The number of thioether (sulfide) groups is 2. The summed E-state index contributed by atoms with van der Waals surface area (Å²) in [5.74, 6) is 0.506. The van der Waals surface area contributed by atoms with Crippen LogP contribution < -0.4 is 10.6 Å². The largest absolute Gasteiger partial charge is 0.487 e. The quantitative estimate of drug-likeness (QED) is 0.721. The summed E-state index contributed by atoms with van der Waals surface area (Å²) < 4.78 is 5.36. The van der Waals surface area contributed by atoms with Crippen LogP contribution >= 0.6 is 23.5 Å². The van der Waals surface area contributed by atoms with Crippen molar-refractivity contribution in [1.82, 2.24) is 5.32 Å². The Hall–Kier alpha value is -2.38. The van der Waals surface area contributed by atoms with Crippen LogP contribution in [-0.2, 0) is 16.1 Å². The van der Waals surface area contributed by atoms with Gasteiger partial charge in [0.2, 0.25) is 0 Å². The molecule has 1 aliphatic heterocycles. The number of rotatable bonds is 6. The Bertz CT molecular complexity index is 851. The topological polar surface area (TPSA) is 67.4 Å². The van der Waals surface area contributed by atoms with Gasteiger partial charge in [0.25, 0.3) is 11.8 Å². The highest BCUT2D eigenvalue weighted by Gasteiger charge is 2.18. The van der Waals surface area contributed by atoms with Gasteiger partial charge in [0.05, 0.1) is 17.9 Å². The summed E-state index contributed by atoms with van der Waals surface area (Å²) in [7, 11) is 0. The molecule has 140 valence electrons. The molecule has 1 aliphatic rings. The molecule has 0 bridgehead atoms. The second-order valence-electron chi connectivity index (χ2n) is 5.73. The zero-order chi connectivity index (χ0) is 19.1. The summed E-state index contributed by atoms with van der Waals surface area (Å²) >= 11 is 3.21. The minimum absolute atomic E-state index is 0.243. The van der Waals surface area contributed by atoms with E-state index >= 15 is 0 Å². The van der Waals surface area contributed by atoms with E-state index in [2.05, 4.69) is 10.6 Å². The molecule has 0 radical (unpaired) electrons. The Morgan fingerprint density at radius 2 is 1.89 bits per heavy atom. The summed E-state index contributed by atoms with van der Waals surface area (Å²) in [6.45, 7) is 0.919. The highest BCUT2D eigenvalue weighted by Crippen LogP contribution is 2.20. The van der Waals surface area contributed by atoms with Crippen molar-refractivity contribution >= 4 is 41.0 Å². The number of amides is 2. The van der Waals surface area contributed by atoms with E-state index in [-0.39, 0.29) is 17.6 Å². The van der Waals surface area contributed by atoms with E-state index in [1.54, 1.807) is 41.4 Å². The monoisotopic (exact) mass is 400 g/mol. The normalized spacial score (nSPS) is 13.3. The third-order valence-electron chi connectivity index (χ3n) is 3.90. The average molecular weight is 401 g/mol. The highest BCUT2D eigenvalue weighted by molar-refractivity contribution is 8.02. The molecule has 7 heteroatoms. The number of hydrogen-bond acceptors (Lipinski definition) is 5. The smallest absolute Gasteiger partial charge is 0.291 e. The van der Waals surface area contributed by atoms with Crippen LogP contribution in [0.5, 0.6) is 0 Å². The molecule has 0 saturated carbocycles. The van der Waals surface area contributed by atoms with Gasteiger partial charge in [0, 0.05) is 22.6 Å². The van der Waals surface area contributed by atoms with E-state index in [0.717, 1.165) is 11.3 Å². The minimum atomic E-state index is -0.352. The van der Waals surface area contributed by atoms with E-state index in [9.17, 15) is 9.59 Å². The van der Waals surface area contributed by atoms with Gasteiger partial charge < -0.3 is 15.4 Å². The first-order valence-electron chi connectivity index (χ1n) is 8.43. The van der Waals surface area contributed by atoms with Gasteiger partial charge in [-0.1, -0.05) is 24.3 Å². The molecule has 2 N–H and O–H groups in total. The van der Waals surface area contributed by atoms with Gasteiger partial charge in [-0.15, -0.1) is 23.5 Å². The zero-order valence-corrected chi connectivity index (χ0v) is 16.5. The summed E-state index contributed by atoms with van der Waals surface area (Å²) in [6, 6.07) is 15.0. The van der Waals surface area contributed by atoms with Crippen LogP contribution in [0.25, 0.3) is 0 Å². The van der Waals surface area contributed by atoms with E-state index in [1.807, 2.05) is 30.5 Å². The van der Waals surface area contributed by atoms with Crippen molar-refractivity contribution in [3.8, 4) is 0 Å². The van der Waals surface area contributed by atoms with Gasteiger partial charge >= 0.3 is 0 Å². The molecule has 5 nitrogen and oxygen atoms in total. The van der Waals surface area contributed by atoms with Gasteiger partial charge in [0.1, 0.15) is 0 Å². The number of carbonyl (C=O) groups is 2. The van der Waals surface area contributed by atoms with Gasteiger partial charge in [-0.2, -0.15) is 0 Å². The van der Waals surface area contributed by atoms with Crippen molar-refractivity contribution in [1.29, 1.82) is 0 Å². The lowest BCUT2D eigenvalue weighted by molar-refractivity contribution is -0.116. The van der Waals surface area contributed by atoms with E-state index < -0.39 is 0 Å². The maximum absolute atomic E-state index is 12.6. The van der Waals surface area contributed by atoms with Gasteiger partial charge in [-0.05, 0) is 36.1 Å². The molecule has 2 aromatic rings. The number of hydrogen-bond donors (Lipinski definition) is 2. The fourth-order valence-corrected chi connectivity index (χ4v) is 3.51. The lowest BCUT2D eigenvalue weighted by Crippen LogP contribution is -2.25. The first-order valence-corrected chi connectivity index (χ1v) is 10.7. The third-order valence-corrected chi connectivity index (χ3v) is 5.43. The average Bonchev–Trinajstić information content (AvgIpc) is 2.73. The van der Waals surface area contributed by atoms with Crippen LogP contribution in [0.1, 0.15) is 15.9 Å². The second kappa shape index (κ2) is 9.53. The lowest BCUT2D eigenvalue weighted by Gasteiger charge is -2.15. The zero-order valence-electron chi connectivity index (χ0n) is 14.9. The molecule has 1 heterocycles. The molecule has 0 aliphatic carbocycles. The molecular formula is C20H20N2O3S2. The van der Waals surface area contributed by atoms with Crippen LogP contribution in [0.3, 0.4) is 0 Å². The number of nitrogens with one attached hydrogen (secondary N) is 2. The van der Waals surface area contributed by atoms with Crippen LogP contribution in [0.4, 0.5) is 5.69 Å². The summed E-state index contributed by atoms with van der Waals surface area (Å²) in [5, 5.41) is 7.36. The fraction of sp³-hybridized carbons (Fsp3) is 0.200. The number of carbonyl (C=O) groups excluding carboxylic acids is 2. The van der Waals surface area contributed by atoms with Gasteiger partial charge in [-0.3, -0.25) is 9.59 Å². The third kappa shape index (κ3) is 5.30. The number of anilines is 1. The molecule has 0 spiro atoms. The number of benzene rings is 2. The molecule has 0 atom stereocenters.